The normalized spacial score (nSPS) is 10.8. The largest absolute Gasteiger partial charge is 0.335 e. The molecule has 112 valence electrons. The quantitative estimate of drug-likeness (QED) is 0.553. The summed E-state index contributed by atoms with van der Waals surface area (Å²) in [6.07, 6.45) is 0. The van der Waals surface area contributed by atoms with Crippen molar-refractivity contribution in [3.8, 4) is 11.4 Å². The first-order valence-electron chi connectivity index (χ1n) is 6.79. The number of nitrogens with two attached hydrogens (primary N) is 1. The number of hydrogen-bond acceptors (Lipinski definition) is 4. The van der Waals surface area contributed by atoms with Gasteiger partial charge in [-0.25, -0.2) is 4.68 Å². The lowest BCUT2D eigenvalue weighted by molar-refractivity contribution is 0.849. The van der Waals surface area contributed by atoms with Gasteiger partial charge in [0.15, 0.2) is 5.82 Å². The van der Waals surface area contributed by atoms with Crippen LogP contribution in [0.3, 0.4) is 0 Å². The maximum atomic E-state index is 6.14. The number of halogens is 1. The minimum Gasteiger partial charge on any atom is -0.335 e. The molecule has 4 nitrogen and oxygen atoms in total. The number of benzene rings is 2. The standard InChI is InChI=1S/C16H15BrN4S/c1-11-5-2-3-6-13(11)10-22-16-20-19-15(21(16)18)12-7-4-8-14(17)9-12/h2-9H,10,18H2,1H3. The van der Waals surface area contributed by atoms with Crippen LogP contribution in [0.4, 0.5) is 0 Å². The number of nitrogens with zero attached hydrogens (tertiary/aromatic N) is 3. The zero-order valence-corrected chi connectivity index (χ0v) is 14.4. The number of rotatable bonds is 4. The first-order chi connectivity index (χ1) is 10.6. The van der Waals surface area contributed by atoms with Crippen LogP contribution in [-0.2, 0) is 5.75 Å². The molecule has 22 heavy (non-hydrogen) atoms. The molecule has 0 saturated heterocycles. The summed E-state index contributed by atoms with van der Waals surface area (Å²) in [5, 5.41) is 9.12. The van der Waals surface area contributed by atoms with Gasteiger partial charge in [-0.15, -0.1) is 10.2 Å². The monoisotopic (exact) mass is 374 g/mol. The van der Waals surface area contributed by atoms with Crippen molar-refractivity contribution < 1.29 is 0 Å². The van der Waals surface area contributed by atoms with E-state index in [1.807, 2.05) is 36.4 Å². The van der Waals surface area contributed by atoms with Gasteiger partial charge in [-0.2, -0.15) is 0 Å². The second kappa shape index (κ2) is 6.54. The molecule has 0 aliphatic carbocycles. The maximum absolute atomic E-state index is 6.14. The SMILES string of the molecule is Cc1ccccc1CSc1nnc(-c2cccc(Br)c2)n1N. The lowest BCUT2D eigenvalue weighted by Crippen LogP contribution is -2.11. The number of thioether (sulfide) groups is 1. The Morgan fingerprint density at radius 1 is 1.14 bits per heavy atom. The zero-order valence-electron chi connectivity index (χ0n) is 12.0. The van der Waals surface area contributed by atoms with Crippen molar-refractivity contribution in [2.45, 2.75) is 17.8 Å². The average Bonchev–Trinajstić information content (AvgIpc) is 2.87. The third-order valence-corrected chi connectivity index (χ3v) is 4.85. The van der Waals surface area contributed by atoms with Gasteiger partial charge < -0.3 is 5.84 Å². The van der Waals surface area contributed by atoms with E-state index in [-0.39, 0.29) is 0 Å². The molecule has 0 fully saturated rings. The number of hydrogen-bond donors (Lipinski definition) is 1. The molecule has 6 heteroatoms. The van der Waals surface area contributed by atoms with Gasteiger partial charge in [0.25, 0.3) is 0 Å². The Morgan fingerprint density at radius 3 is 2.73 bits per heavy atom. The van der Waals surface area contributed by atoms with E-state index in [2.05, 4.69) is 45.2 Å². The molecule has 3 aromatic rings. The van der Waals surface area contributed by atoms with Crippen molar-refractivity contribution in [1.82, 2.24) is 14.9 Å². The molecule has 0 amide bonds. The maximum Gasteiger partial charge on any atom is 0.210 e. The highest BCUT2D eigenvalue weighted by Crippen LogP contribution is 2.26. The summed E-state index contributed by atoms with van der Waals surface area (Å²) in [6.45, 7) is 2.11. The van der Waals surface area contributed by atoms with Gasteiger partial charge in [0.05, 0.1) is 0 Å². The first-order valence-corrected chi connectivity index (χ1v) is 8.57. The fourth-order valence-corrected chi connectivity index (χ4v) is 3.45. The lowest BCUT2D eigenvalue weighted by Gasteiger charge is -2.06. The Bertz CT molecular complexity index is 800. The second-order valence-electron chi connectivity index (χ2n) is 4.90. The van der Waals surface area contributed by atoms with Crippen molar-refractivity contribution in [3.05, 3.63) is 64.1 Å². The average molecular weight is 375 g/mol. The van der Waals surface area contributed by atoms with Gasteiger partial charge in [0.2, 0.25) is 5.16 Å². The van der Waals surface area contributed by atoms with Crippen molar-refractivity contribution in [2.75, 3.05) is 5.84 Å². The fourth-order valence-electron chi connectivity index (χ4n) is 2.11. The molecule has 2 N–H and O–H groups in total. The highest BCUT2D eigenvalue weighted by molar-refractivity contribution is 9.10. The molecule has 0 atom stereocenters. The molecule has 2 aromatic carbocycles. The first kappa shape index (κ1) is 15.1. The van der Waals surface area contributed by atoms with Gasteiger partial charge in [-0.05, 0) is 30.2 Å². The topological polar surface area (TPSA) is 56.7 Å². The summed E-state index contributed by atoms with van der Waals surface area (Å²) in [7, 11) is 0. The van der Waals surface area contributed by atoms with E-state index in [1.165, 1.54) is 11.1 Å². The van der Waals surface area contributed by atoms with Gasteiger partial charge in [-0.1, -0.05) is 64.1 Å². The summed E-state index contributed by atoms with van der Waals surface area (Å²) >= 11 is 5.04. The summed E-state index contributed by atoms with van der Waals surface area (Å²) in [5.74, 6) is 7.62. The summed E-state index contributed by atoms with van der Waals surface area (Å²) in [5.41, 5.74) is 3.48. The minimum atomic E-state index is 0.661. The third kappa shape index (κ3) is 3.18. The molecule has 0 aliphatic heterocycles. The van der Waals surface area contributed by atoms with Gasteiger partial charge >= 0.3 is 0 Å². The summed E-state index contributed by atoms with van der Waals surface area (Å²) < 4.78 is 2.53. The number of aryl methyl sites for hydroxylation is 1. The smallest absolute Gasteiger partial charge is 0.210 e. The van der Waals surface area contributed by atoms with Crippen LogP contribution in [0.15, 0.2) is 58.2 Å². The summed E-state index contributed by atoms with van der Waals surface area (Å²) in [4.78, 5) is 0. The van der Waals surface area contributed by atoms with Crippen LogP contribution in [0.5, 0.6) is 0 Å². The fraction of sp³-hybridized carbons (Fsp3) is 0.125. The minimum absolute atomic E-state index is 0.661. The van der Waals surface area contributed by atoms with Crippen molar-refractivity contribution in [3.63, 3.8) is 0 Å². The van der Waals surface area contributed by atoms with E-state index in [9.17, 15) is 0 Å². The van der Waals surface area contributed by atoms with Crippen LogP contribution in [0.25, 0.3) is 11.4 Å². The van der Waals surface area contributed by atoms with Gasteiger partial charge in [0.1, 0.15) is 0 Å². The molecule has 0 unspecified atom stereocenters. The second-order valence-corrected chi connectivity index (χ2v) is 6.76. The summed E-state index contributed by atoms with van der Waals surface area (Å²) in [6, 6.07) is 16.2. The van der Waals surface area contributed by atoms with Crippen LogP contribution in [0.1, 0.15) is 11.1 Å². The van der Waals surface area contributed by atoms with Crippen molar-refractivity contribution in [1.29, 1.82) is 0 Å². The van der Waals surface area contributed by atoms with Crippen molar-refractivity contribution in [2.24, 2.45) is 0 Å². The molecule has 0 saturated carbocycles. The Labute approximate surface area is 141 Å². The lowest BCUT2D eigenvalue weighted by atomic mass is 10.1. The highest BCUT2D eigenvalue weighted by atomic mass is 79.9. The predicted molar refractivity (Wildman–Crippen MR) is 94.0 cm³/mol. The molecule has 0 bridgehead atoms. The predicted octanol–water partition coefficient (Wildman–Crippen LogP) is 4.02. The molecular weight excluding hydrogens is 360 g/mol. The van der Waals surface area contributed by atoms with Crippen LogP contribution in [0, 0.1) is 6.92 Å². The Hall–Kier alpha value is -1.79. The molecule has 3 rings (SSSR count). The van der Waals surface area contributed by atoms with Crippen LogP contribution in [-0.4, -0.2) is 14.9 Å². The van der Waals surface area contributed by atoms with E-state index >= 15 is 0 Å². The molecule has 0 radical (unpaired) electrons. The number of aromatic nitrogens is 3. The Balaban J connectivity index is 1.81. The van der Waals surface area contributed by atoms with E-state index in [4.69, 9.17) is 5.84 Å². The molecule has 0 aliphatic rings. The van der Waals surface area contributed by atoms with Crippen LogP contribution < -0.4 is 5.84 Å². The number of nitrogen functional groups attached to an aromatic ring is 1. The van der Waals surface area contributed by atoms with Gasteiger partial charge in [-0.3, -0.25) is 0 Å². The van der Waals surface area contributed by atoms with E-state index in [1.54, 1.807) is 16.4 Å². The van der Waals surface area contributed by atoms with Crippen molar-refractivity contribution >= 4 is 27.7 Å². The molecule has 0 spiro atoms. The Morgan fingerprint density at radius 2 is 1.95 bits per heavy atom. The van der Waals surface area contributed by atoms with E-state index in [0.29, 0.717) is 11.0 Å². The third-order valence-electron chi connectivity index (χ3n) is 3.37. The van der Waals surface area contributed by atoms with Gasteiger partial charge in [0, 0.05) is 15.8 Å². The van der Waals surface area contributed by atoms with Crippen LogP contribution >= 0.6 is 27.7 Å². The highest BCUT2D eigenvalue weighted by Gasteiger charge is 2.12. The van der Waals surface area contributed by atoms with E-state index in [0.717, 1.165) is 15.8 Å². The molecule has 1 aromatic heterocycles. The van der Waals surface area contributed by atoms with E-state index < -0.39 is 0 Å². The Kier molecular flexibility index (Phi) is 4.49. The molecular formula is C16H15BrN4S. The zero-order chi connectivity index (χ0) is 15.5. The molecule has 1 heterocycles. The van der Waals surface area contributed by atoms with Crippen LogP contribution in [0.2, 0.25) is 0 Å².